The molecule has 1 atom stereocenters. The van der Waals surface area contributed by atoms with Gasteiger partial charge >= 0.3 is 0 Å². The highest BCUT2D eigenvalue weighted by atomic mass is 35.5. The van der Waals surface area contributed by atoms with Crippen molar-refractivity contribution in [2.75, 3.05) is 0 Å². The first-order valence-corrected chi connectivity index (χ1v) is 7.70. The predicted molar refractivity (Wildman–Crippen MR) is 85.8 cm³/mol. The first-order chi connectivity index (χ1) is 10.3. The van der Waals surface area contributed by atoms with Crippen molar-refractivity contribution < 1.29 is 4.79 Å². The Morgan fingerprint density at radius 2 is 2.14 bits per heavy atom. The minimum Gasteiger partial charge on any atom is -0.345 e. The molecule has 120 valence electrons. The van der Waals surface area contributed by atoms with Crippen molar-refractivity contribution in [2.24, 2.45) is 5.41 Å². The number of hydrogen-bond donors (Lipinski definition) is 1. The summed E-state index contributed by atoms with van der Waals surface area (Å²) in [5.41, 5.74) is 0.139. The fraction of sp³-hybridized carbons (Fsp3) is 0.533. The summed E-state index contributed by atoms with van der Waals surface area (Å²) in [6, 6.07) is 1.77. The predicted octanol–water partition coefficient (Wildman–Crippen LogP) is 2.60. The zero-order valence-corrected chi connectivity index (χ0v) is 14.1. The summed E-state index contributed by atoms with van der Waals surface area (Å²) >= 11 is 6.10. The zero-order chi connectivity index (χ0) is 16.3. The van der Waals surface area contributed by atoms with Crippen LogP contribution in [0.5, 0.6) is 0 Å². The van der Waals surface area contributed by atoms with Crippen LogP contribution in [0.3, 0.4) is 0 Å². The molecule has 1 amide bonds. The van der Waals surface area contributed by atoms with Crippen molar-refractivity contribution in [3.8, 4) is 0 Å². The molecule has 22 heavy (non-hydrogen) atoms. The second-order valence-corrected chi connectivity index (χ2v) is 6.71. The average Bonchev–Trinajstić information content (AvgIpc) is 3.06. The molecule has 1 unspecified atom stereocenters. The van der Waals surface area contributed by atoms with E-state index in [4.69, 9.17) is 11.6 Å². The SMILES string of the molecule is CCn1cc(Cl)c(C(=O)NC(Cn2cccn2)C(C)(C)C)n1. The Kier molecular flexibility index (Phi) is 4.90. The maximum absolute atomic E-state index is 12.5. The second kappa shape index (κ2) is 6.52. The van der Waals surface area contributed by atoms with Gasteiger partial charge in [-0.05, 0) is 18.4 Å². The summed E-state index contributed by atoms with van der Waals surface area (Å²) in [6.45, 7) is 9.44. The topological polar surface area (TPSA) is 64.7 Å². The Labute approximate surface area is 135 Å². The molecule has 0 spiro atoms. The van der Waals surface area contributed by atoms with Crippen molar-refractivity contribution in [2.45, 2.75) is 46.8 Å². The van der Waals surface area contributed by atoms with Crippen LogP contribution < -0.4 is 5.32 Å². The molecular formula is C15H22ClN5O. The number of amides is 1. The van der Waals surface area contributed by atoms with Gasteiger partial charge in [0.05, 0.1) is 17.6 Å². The summed E-state index contributed by atoms with van der Waals surface area (Å²) in [6.07, 6.45) is 5.26. The monoisotopic (exact) mass is 323 g/mol. The minimum atomic E-state index is -0.260. The summed E-state index contributed by atoms with van der Waals surface area (Å²) in [7, 11) is 0. The lowest BCUT2D eigenvalue weighted by Crippen LogP contribution is -2.46. The van der Waals surface area contributed by atoms with Gasteiger partial charge in [0.15, 0.2) is 5.69 Å². The van der Waals surface area contributed by atoms with Crippen LogP contribution in [0.1, 0.15) is 38.2 Å². The average molecular weight is 324 g/mol. The Bertz CT molecular complexity index is 627. The van der Waals surface area contributed by atoms with Crippen molar-refractivity contribution in [1.82, 2.24) is 24.9 Å². The van der Waals surface area contributed by atoms with E-state index in [2.05, 4.69) is 36.3 Å². The summed E-state index contributed by atoms with van der Waals surface area (Å²) in [4.78, 5) is 12.5. The molecule has 0 saturated carbocycles. The quantitative estimate of drug-likeness (QED) is 0.919. The van der Waals surface area contributed by atoms with Crippen LogP contribution in [0, 0.1) is 5.41 Å². The van der Waals surface area contributed by atoms with E-state index in [1.54, 1.807) is 17.1 Å². The fourth-order valence-electron chi connectivity index (χ4n) is 2.07. The van der Waals surface area contributed by atoms with Crippen LogP contribution in [0.2, 0.25) is 5.02 Å². The van der Waals surface area contributed by atoms with Gasteiger partial charge < -0.3 is 5.32 Å². The van der Waals surface area contributed by atoms with Crippen LogP contribution in [0.25, 0.3) is 0 Å². The maximum atomic E-state index is 12.5. The molecular weight excluding hydrogens is 302 g/mol. The fourth-order valence-corrected chi connectivity index (χ4v) is 2.31. The number of aryl methyl sites for hydroxylation is 1. The molecule has 0 saturated heterocycles. The van der Waals surface area contributed by atoms with Crippen molar-refractivity contribution in [3.63, 3.8) is 0 Å². The minimum absolute atomic E-state index is 0.0947. The molecule has 7 heteroatoms. The molecule has 0 fully saturated rings. The van der Waals surface area contributed by atoms with Crippen LogP contribution in [0.4, 0.5) is 0 Å². The Morgan fingerprint density at radius 3 is 2.64 bits per heavy atom. The third-order valence-corrected chi connectivity index (χ3v) is 3.81. The molecule has 0 bridgehead atoms. The van der Waals surface area contributed by atoms with Gasteiger partial charge in [-0.1, -0.05) is 32.4 Å². The number of carbonyl (C=O) groups excluding carboxylic acids is 1. The molecule has 0 aromatic carbocycles. The number of hydrogen-bond acceptors (Lipinski definition) is 3. The smallest absolute Gasteiger partial charge is 0.273 e. The standard InChI is InChI=1S/C15H22ClN5O/c1-5-20-9-11(16)13(19-20)14(22)18-12(15(2,3)4)10-21-8-6-7-17-21/h6-9,12H,5,10H2,1-4H3,(H,18,22). The van der Waals surface area contributed by atoms with Crippen LogP contribution in [-0.2, 0) is 13.1 Å². The van der Waals surface area contributed by atoms with E-state index in [9.17, 15) is 4.79 Å². The van der Waals surface area contributed by atoms with E-state index in [1.165, 1.54) is 0 Å². The molecule has 0 radical (unpaired) electrons. The molecule has 2 aromatic rings. The van der Waals surface area contributed by atoms with Gasteiger partial charge in [0.2, 0.25) is 0 Å². The van der Waals surface area contributed by atoms with Crippen LogP contribution >= 0.6 is 11.6 Å². The molecule has 2 rings (SSSR count). The normalized spacial score (nSPS) is 13.1. The third kappa shape index (κ3) is 3.88. The van der Waals surface area contributed by atoms with E-state index >= 15 is 0 Å². The highest BCUT2D eigenvalue weighted by molar-refractivity contribution is 6.33. The lowest BCUT2D eigenvalue weighted by atomic mass is 9.86. The first-order valence-electron chi connectivity index (χ1n) is 7.32. The van der Waals surface area contributed by atoms with Gasteiger partial charge in [-0.25, -0.2) is 0 Å². The van der Waals surface area contributed by atoms with Crippen molar-refractivity contribution in [1.29, 1.82) is 0 Å². The lowest BCUT2D eigenvalue weighted by molar-refractivity contribution is 0.0884. The highest BCUT2D eigenvalue weighted by Crippen LogP contribution is 2.22. The van der Waals surface area contributed by atoms with E-state index < -0.39 is 0 Å². The van der Waals surface area contributed by atoms with Gasteiger partial charge in [-0.15, -0.1) is 0 Å². The van der Waals surface area contributed by atoms with Crippen LogP contribution in [-0.4, -0.2) is 31.5 Å². The van der Waals surface area contributed by atoms with E-state index in [-0.39, 0.29) is 23.1 Å². The van der Waals surface area contributed by atoms with E-state index in [0.29, 0.717) is 18.1 Å². The Morgan fingerprint density at radius 1 is 1.41 bits per heavy atom. The van der Waals surface area contributed by atoms with Crippen molar-refractivity contribution >= 4 is 17.5 Å². The summed E-state index contributed by atoms with van der Waals surface area (Å²) < 4.78 is 3.46. The van der Waals surface area contributed by atoms with Gasteiger partial charge in [-0.2, -0.15) is 10.2 Å². The largest absolute Gasteiger partial charge is 0.345 e. The number of rotatable bonds is 5. The van der Waals surface area contributed by atoms with Gasteiger partial charge in [0.1, 0.15) is 0 Å². The Balaban J connectivity index is 2.15. The molecule has 1 N–H and O–H groups in total. The number of carbonyl (C=O) groups is 1. The number of nitrogens with zero attached hydrogens (tertiary/aromatic N) is 4. The molecule has 6 nitrogen and oxygen atoms in total. The van der Waals surface area contributed by atoms with E-state index in [0.717, 1.165) is 0 Å². The summed E-state index contributed by atoms with van der Waals surface area (Å²) in [5.74, 6) is -0.260. The number of halogens is 1. The maximum Gasteiger partial charge on any atom is 0.273 e. The molecule has 0 aliphatic rings. The van der Waals surface area contributed by atoms with Gasteiger partial charge in [0, 0.05) is 25.1 Å². The molecule has 2 aromatic heterocycles. The molecule has 0 aliphatic heterocycles. The van der Waals surface area contributed by atoms with Gasteiger partial charge in [-0.3, -0.25) is 14.2 Å². The number of nitrogens with one attached hydrogen (secondary N) is 1. The molecule has 2 heterocycles. The first kappa shape index (κ1) is 16.5. The number of aromatic nitrogens is 4. The highest BCUT2D eigenvalue weighted by Gasteiger charge is 2.28. The van der Waals surface area contributed by atoms with E-state index in [1.807, 2.05) is 23.9 Å². The molecule has 0 aliphatic carbocycles. The summed E-state index contributed by atoms with van der Waals surface area (Å²) in [5, 5.41) is 11.8. The third-order valence-electron chi connectivity index (χ3n) is 3.54. The second-order valence-electron chi connectivity index (χ2n) is 6.30. The Hall–Kier alpha value is -1.82. The lowest BCUT2D eigenvalue weighted by Gasteiger charge is -2.31. The van der Waals surface area contributed by atoms with Crippen molar-refractivity contribution in [3.05, 3.63) is 35.4 Å². The zero-order valence-electron chi connectivity index (χ0n) is 13.4. The van der Waals surface area contributed by atoms with Crippen LogP contribution in [0.15, 0.2) is 24.7 Å². The van der Waals surface area contributed by atoms with Gasteiger partial charge in [0.25, 0.3) is 5.91 Å².